The van der Waals surface area contributed by atoms with E-state index in [-0.39, 0.29) is 5.78 Å². The predicted octanol–water partition coefficient (Wildman–Crippen LogP) is 1.88. The summed E-state index contributed by atoms with van der Waals surface area (Å²) in [5.41, 5.74) is 7.75. The topological polar surface area (TPSA) is 56.0 Å². The van der Waals surface area contributed by atoms with Crippen LogP contribution in [0.5, 0.6) is 0 Å². The number of hydrogen-bond acceptors (Lipinski definition) is 3. The molecule has 0 saturated carbocycles. The van der Waals surface area contributed by atoms with E-state index in [1.807, 2.05) is 19.9 Å². The molecule has 3 nitrogen and oxygen atoms in total. The van der Waals surface area contributed by atoms with E-state index in [0.29, 0.717) is 25.1 Å². The number of Topliss-reactive ketones (excluding diaryl/α,β-unsaturated/α-hetero) is 1. The fourth-order valence-corrected chi connectivity index (χ4v) is 1.29. The van der Waals surface area contributed by atoms with Gasteiger partial charge in [-0.2, -0.15) is 0 Å². The van der Waals surface area contributed by atoms with Gasteiger partial charge in [-0.1, -0.05) is 13.0 Å². The molecule has 0 unspecified atom stereocenters. The van der Waals surface area contributed by atoms with E-state index in [1.165, 1.54) is 0 Å². The average molecular weight is 192 g/mol. The maximum Gasteiger partial charge on any atom is 0.132 e. The Morgan fingerprint density at radius 1 is 1.57 bits per heavy atom. The van der Waals surface area contributed by atoms with Crippen molar-refractivity contribution in [2.75, 3.05) is 5.73 Å². The summed E-state index contributed by atoms with van der Waals surface area (Å²) in [6, 6.07) is 1.99. The van der Waals surface area contributed by atoms with Crippen LogP contribution in [0.25, 0.3) is 0 Å². The van der Waals surface area contributed by atoms with Crippen molar-refractivity contribution in [2.45, 2.75) is 33.1 Å². The van der Waals surface area contributed by atoms with E-state index in [0.717, 1.165) is 11.1 Å². The standard InChI is InChI=1S/C11H16N2O/c1-3-10(14)5-4-9-6-8(2)7-13-11(9)12/h6-7H,3-5H2,1-2H3,(H2,12,13). The lowest BCUT2D eigenvalue weighted by Gasteiger charge is -2.04. The highest BCUT2D eigenvalue weighted by atomic mass is 16.1. The zero-order valence-electron chi connectivity index (χ0n) is 8.71. The number of nitrogens with zero attached hydrogens (tertiary/aromatic N) is 1. The highest BCUT2D eigenvalue weighted by Gasteiger charge is 2.04. The van der Waals surface area contributed by atoms with Gasteiger partial charge in [-0.3, -0.25) is 4.79 Å². The van der Waals surface area contributed by atoms with E-state index < -0.39 is 0 Å². The normalized spacial score (nSPS) is 10.1. The molecule has 0 aliphatic carbocycles. The minimum atomic E-state index is 0.269. The van der Waals surface area contributed by atoms with Crippen molar-refractivity contribution in [3.8, 4) is 0 Å². The minimum absolute atomic E-state index is 0.269. The first-order chi connectivity index (χ1) is 6.63. The van der Waals surface area contributed by atoms with Gasteiger partial charge in [0.25, 0.3) is 0 Å². The van der Waals surface area contributed by atoms with Crippen LogP contribution in [-0.4, -0.2) is 10.8 Å². The first-order valence-electron chi connectivity index (χ1n) is 4.86. The highest BCUT2D eigenvalue weighted by molar-refractivity contribution is 5.78. The van der Waals surface area contributed by atoms with Crippen molar-refractivity contribution in [3.63, 3.8) is 0 Å². The zero-order chi connectivity index (χ0) is 10.6. The molecule has 0 amide bonds. The molecule has 1 heterocycles. The van der Waals surface area contributed by atoms with Gasteiger partial charge < -0.3 is 5.73 Å². The van der Waals surface area contributed by atoms with Gasteiger partial charge in [0.05, 0.1) is 0 Å². The third-order valence-electron chi connectivity index (χ3n) is 2.21. The van der Waals surface area contributed by atoms with E-state index in [9.17, 15) is 4.79 Å². The first kappa shape index (κ1) is 10.7. The number of nitrogens with two attached hydrogens (primary N) is 1. The molecule has 3 heteroatoms. The van der Waals surface area contributed by atoms with Gasteiger partial charge in [0, 0.05) is 19.0 Å². The molecule has 0 saturated heterocycles. The van der Waals surface area contributed by atoms with E-state index in [4.69, 9.17) is 5.73 Å². The third kappa shape index (κ3) is 2.83. The molecule has 0 atom stereocenters. The molecule has 0 aliphatic rings. The number of hydrogen-bond donors (Lipinski definition) is 1. The van der Waals surface area contributed by atoms with Crippen LogP contribution in [-0.2, 0) is 11.2 Å². The average Bonchev–Trinajstić information content (AvgIpc) is 2.19. The van der Waals surface area contributed by atoms with Gasteiger partial charge >= 0.3 is 0 Å². The Hall–Kier alpha value is -1.38. The van der Waals surface area contributed by atoms with Crippen LogP contribution < -0.4 is 5.73 Å². The fraction of sp³-hybridized carbons (Fsp3) is 0.455. The van der Waals surface area contributed by atoms with Crippen LogP contribution in [0.4, 0.5) is 5.82 Å². The smallest absolute Gasteiger partial charge is 0.132 e. The number of carbonyl (C=O) groups is 1. The fourth-order valence-electron chi connectivity index (χ4n) is 1.29. The van der Waals surface area contributed by atoms with Gasteiger partial charge in [0.2, 0.25) is 0 Å². The number of ketones is 1. The van der Waals surface area contributed by atoms with E-state index in [1.54, 1.807) is 6.20 Å². The maximum atomic E-state index is 11.1. The van der Waals surface area contributed by atoms with Crippen molar-refractivity contribution in [1.82, 2.24) is 4.98 Å². The second-order valence-corrected chi connectivity index (χ2v) is 3.45. The summed E-state index contributed by atoms with van der Waals surface area (Å²) in [7, 11) is 0. The number of carbonyl (C=O) groups excluding carboxylic acids is 1. The van der Waals surface area contributed by atoms with Crippen LogP contribution >= 0.6 is 0 Å². The Morgan fingerprint density at radius 2 is 2.29 bits per heavy atom. The summed E-state index contributed by atoms with van der Waals surface area (Å²) in [6.07, 6.45) is 3.60. The minimum Gasteiger partial charge on any atom is -0.383 e. The molecular formula is C11H16N2O. The molecule has 1 aromatic heterocycles. The van der Waals surface area contributed by atoms with Gasteiger partial charge in [-0.15, -0.1) is 0 Å². The first-order valence-corrected chi connectivity index (χ1v) is 4.86. The van der Waals surface area contributed by atoms with Crippen LogP contribution in [0.3, 0.4) is 0 Å². The lowest BCUT2D eigenvalue weighted by molar-refractivity contribution is -0.118. The maximum absolute atomic E-state index is 11.1. The third-order valence-corrected chi connectivity index (χ3v) is 2.21. The van der Waals surface area contributed by atoms with Crippen LogP contribution in [0.1, 0.15) is 30.9 Å². The predicted molar refractivity (Wildman–Crippen MR) is 57.0 cm³/mol. The van der Waals surface area contributed by atoms with E-state index >= 15 is 0 Å². The molecule has 14 heavy (non-hydrogen) atoms. The Morgan fingerprint density at radius 3 is 2.93 bits per heavy atom. The Labute approximate surface area is 84.3 Å². The Balaban J connectivity index is 2.66. The van der Waals surface area contributed by atoms with Crippen molar-refractivity contribution in [2.24, 2.45) is 0 Å². The number of rotatable bonds is 4. The monoisotopic (exact) mass is 192 g/mol. The van der Waals surface area contributed by atoms with Crippen LogP contribution in [0.15, 0.2) is 12.3 Å². The number of pyridine rings is 1. The molecule has 1 rings (SSSR count). The summed E-state index contributed by atoms with van der Waals surface area (Å²) >= 11 is 0. The SMILES string of the molecule is CCC(=O)CCc1cc(C)cnc1N. The number of anilines is 1. The molecule has 0 aromatic carbocycles. The van der Waals surface area contributed by atoms with E-state index in [2.05, 4.69) is 4.98 Å². The Kier molecular flexibility index (Phi) is 3.63. The molecule has 76 valence electrons. The molecule has 0 radical (unpaired) electrons. The zero-order valence-corrected chi connectivity index (χ0v) is 8.71. The van der Waals surface area contributed by atoms with Crippen molar-refractivity contribution in [3.05, 3.63) is 23.4 Å². The quantitative estimate of drug-likeness (QED) is 0.792. The van der Waals surface area contributed by atoms with Gasteiger partial charge in [-0.25, -0.2) is 4.98 Å². The summed E-state index contributed by atoms with van der Waals surface area (Å²) in [4.78, 5) is 15.2. The molecule has 0 fully saturated rings. The van der Waals surface area contributed by atoms with Crippen LogP contribution in [0.2, 0.25) is 0 Å². The summed E-state index contributed by atoms with van der Waals surface area (Å²) in [5.74, 6) is 0.811. The highest BCUT2D eigenvalue weighted by Crippen LogP contribution is 2.12. The van der Waals surface area contributed by atoms with Crippen molar-refractivity contribution in [1.29, 1.82) is 0 Å². The van der Waals surface area contributed by atoms with Gasteiger partial charge in [0.1, 0.15) is 11.6 Å². The second-order valence-electron chi connectivity index (χ2n) is 3.45. The summed E-state index contributed by atoms with van der Waals surface area (Å²) in [5, 5.41) is 0. The summed E-state index contributed by atoms with van der Waals surface area (Å²) in [6.45, 7) is 3.85. The lowest BCUT2D eigenvalue weighted by Crippen LogP contribution is -2.02. The summed E-state index contributed by atoms with van der Waals surface area (Å²) < 4.78 is 0. The molecular weight excluding hydrogens is 176 g/mol. The molecule has 1 aromatic rings. The lowest BCUT2D eigenvalue weighted by atomic mass is 10.1. The molecule has 0 bridgehead atoms. The Bertz CT molecular complexity index is 334. The second kappa shape index (κ2) is 4.74. The number of aryl methyl sites for hydroxylation is 2. The molecule has 0 spiro atoms. The van der Waals surface area contributed by atoms with Gasteiger partial charge in [0.15, 0.2) is 0 Å². The molecule has 2 N–H and O–H groups in total. The van der Waals surface area contributed by atoms with Crippen molar-refractivity contribution >= 4 is 11.6 Å². The molecule has 0 aliphatic heterocycles. The number of nitrogen functional groups attached to an aromatic ring is 1. The van der Waals surface area contributed by atoms with Crippen molar-refractivity contribution < 1.29 is 4.79 Å². The van der Waals surface area contributed by atoms with Gasteiger partial charge in [-0.05, 0) is 24.5 Å². The van der Waals surface area contributed by atoms with Crippen LogP contribution in [0, 0.1) is 6.92 Å². The largest absolute Gasteiger partial charge is 0.383 e. The number of aromatic nitrogens is 1.